The molecule has 30 heavy (non-hydrogen) atoms. The summed E-state index contributed by atoms with van der Waals surface area (Å²) in [6, 6.07) is 15.2. The third-order valence-electron chi connectivity index (χ3n) is 4.12. The van der Waals surface area contributed by atoms with Gasteiger partial charge in [0.1, 0.15) is 5.02 Å². The molecular weight excluding hydrogens is 398 g/mol. The second kappa shape index (κ2) is 8.55. The van der Waals surface area contributed by atoms with E-state index in [-0.39, 0.29) is 0 Å². The van der Waals surface area contributed by atoms with Gasteiger partial charge in [-0.3, -0.25) is 4.68 Å². The Morgan fingerprint density at radius 2 is 1.87 bits per heavy atom. The molecule has 2 aromatic heterocycles. The number of nitrogens with two attached hydrogens (primary N) is 1. The summed E-state index contributed by atoms with van der Waals surface area (Å²) in [6.07, 6.45) is 5.03. The molecule has 0 spiro atoms. The number of halogens is 1. The minimum Gasteiger partial charge on any atom is -0.399 e. The van der Waals surface area contributed by atoms with Crippen LogP contribution in [0.4, 0.5) is 28.8 Å². The van der Waals surface area contributed by atoms with E-state index in [2.05, 4.69) is 37.5 Å². The second-order valence-corrected chi connectivity index (χ2v) is 6.87. The zero-order chi connectivity index (χ0) is 20.9. The second-order valence-electron chi connectivity index (χ2n) is 6.46. The number of nitrogens with one attached hydrogen (secondary N) is 2. The molecule has 0 aliphatic heterocycles. The van der Waals surface area contributed by atoms with Crippen molar-refractivity contribution in [3.63, 3.8) is 0 Å². The van der Waals surface area contributed by atoms with E-state index in [1.807, 2.05) is 49.6 Å². The van der Waals surface area contributed by atoms with Crippen LogP contribution in [-0.2, 0) is 7.05 Å². The van der Waals surface area contributed by atoms with Gasteiger partial charge in [-0.2, -0.15) is 10.1 Å². The van der Waals surface area contributed by atoms with E-state index in [9.17, 15) is 0 Å². The maximum absolute atomic E-state index is 6.32. The fourth-order valence-corrected chi connectivity index (χ4v) is 2.83. The van der Waals surface area contributed by atoms with E-state index >= 15 is 0 Å². The Bertz CT molecular complexity index is 1240. The molecule has 0 fully saturated rings. The van der Waals surface area contributed by atoms with E-state index < -0.39 is 0 Å². The van der Waals surface area contributed by atoms with E-state index in [0.717, 1.165) is 16.8 Å². The van der Waals surface area contributed by atoms with Gasteiger partial charge in [-0.1, -0.05) is 41.6 Å². The highest BCUT2D eigenvalue weighted by atomic mass is 35.5. The molecule has 2 aromatic carbocycles. The normalized spacial score (nSPS) is 10.2. The zero-order valence-corrected chi connectivity index (χ0v) is 16.9. The molecule has 4 rings (SSSR count). The predicted octanol–water partition coefficient (Wildman–Crippen LogP) is 4.33. The molecule has 0 saturated carbocycles. The van der Waals surface area contributed by atoms with Crippen LogP contribution in [0.15, 0.2) is 67.1 Å². The lowest BCUT2D eigenvalue weighted by Gasteiger charge is -2.11. The van der Waals surface area contributed by atoms with Gasteiger partial charge in [0.2, 0.25) is 5.95 Å². The molecule has 8 heteroatoms. The van der Waals surface area contributed by atoms with Crippen molar-refractivity contribution in [2.45, 2.75) is 0 Å². The number of nitrogens with zero attached hydrogens (tertiary/aromatic N) is 4. The lowest BCUT2D eigenvalue weighted by atomic mass is 10.1. The van der Waals surface area contributed by atoms with Crippen LogP contribution in [0.25, 0.3) is 0 Å². The number of aryl methyl sites for hydroxylation is 1. The van der Waals surface area contributed by atoms with Crippen LogP contribution in [0.1, 0.15) is 11.1 Å². The van der Waals surface area contributed by atoms with Gasteiger partial charge in [0.15, 0.2) is 5.82 Å². The molecule has 0 bridgehead atoms. The van der Waals surface area contributed by atoms with Crippen molar-refractivity contribution in [3.05, 3.63) is 83.3 Å². The first-order chi connectivity index (χ1) is 14.6. The molecule has 4 aromatic rings. The summed E-state index contributed by atoms with van der Waals surface area (Å²) in [6.45, 7) is 0. The lowest BCUT2D eigenvalue weighted by molar-refractivity contribution is 0.768. The van der Waals surface area contributed by atoms with Crippen molar-refractivity contribution in [1.82, 2.24) is 19.7 Å². The van der Waals surface area contributed by atoms with Gasteiger partial charge >= 0.3 is 0 Å². The molecule has 0 unspecified atom stereocenters. The topological polar surface area (TPSA) is 93.7 Å². The summed E-state index contributed by atoms with van der Waals surface area (Å²) in [5.74, 6) is 7.14. The highest BCUT2D eigenvalue weighted by Crippen LogP contribution is 2.28. The van der Waals surface area contributed by atoms with Gasteiger partial charge in [0, 0.05) is 30.1 Å². The van der Waals surface area contributed by atoms with Crippen molar-refractivity contribution in [1.29, 1.82) is 0 Å². The molecule has 2 heterocycles. The minimum absolute atomic E-state index is 0.371. The summed E-state index contributed by atoms with van der Waals surface area (Å²) in [4.78, 5) is 8.69. The first-order valence-corrected chi connectivity index (χ1v) is 9.46. The van der Waals surface area contributed by atoms with E-state index in [4.69, 9.17) is 17.3 Å². The van der Waals surface area contributed by atoms with Gasteiger partial charge < -0.3 is 16.4 Å². The highest BCUT2D eigenvalue weighted by Gasteiger charge is 2.10. The Labute approximate surface area is 178 Å². The third kappa shape index (κ3) is 4.69. The van der Waals surface area contributed by atoms with E-state index in [0.29, 0.717) is 28.2 Å². The van der Waals surface area contributed by atoms with Crippen LogP contribution in [0, 0.1) is 11.8 Å². The minimum atomic E-state index is 0.371. The quantitative estimate of drug-likeness (QED) is 0.339. The summed E-state index contributed by atoms with van der Waals surface area (Å²) in [7, 11) is 1.83. The van der Waals surface area contributed by atoms with Crippen LogP contribution in [0.3, 0.4) is 0 Å². The van der Waals surface area contributed by atoms with Crippen molar-refractivity contribution in [2.24, 2.45) is 7.05 Å². The molecule has 148 valence electrons. The highest BCUT2D eigenvalue weighted by molar-refractivity contribution is 6.32. The Kier molecular flexibility index (Phi) is 5.50. The van der Waals surface area contributed by atoms with Gasteiger partial charge in [-0.15, -0.1) is 0 Å². The lowest BCUT2D eigenvalue weighted by Crippen LogP contribution is -2.02. The first kappa shape index (κ1) is 19.3. The van der Waals surface area contributed by atoms with Crippen LogP contribution in [0.2, 0.25) is 5.02 Å². The van der Waals surface area contributed by atoms with Gasteiger partial charge in [-0.25, -0.2) is 4.98 Å². The van der Waals surface area contributed by atoms with Crippen LogP contribution in [-0.4, -0.2) is 19.7 Å². The molecule has 7 nitrogen and oxygen atoms in total. The largest absolute Gasteiger partial charge is 0.399 e. The average Bonchev–Trinajstić information content (AvgIpc) is 3.15. The van der Waals surface area contributed by atoms with Gasteiger partial charge in [-0.05, 0) is 30.3 Å². The fraction of sp³-hybridized carbons (Fsp3) is 0.0455. The average molecular weight is 416 g/mol. The molecule has 0 amide bonds. The zero-order valence-electron chi connectivity index (χ0n) is 16.1. The number of nitrogen functional groups attached to an aromatic ring is 1. The standard InChI is InChI=1S/C22H18ClN7/c1-30-14-18(12-26-30)27-22-25-13-19(23)21(29-22)28-20-11-17(24)10-9-16(20)8-7-15-5-3-2-4-6-15/h2-6,9-14H,24H2,1H3,(H2,25,27,28,29). The number of benzene rings is 2. The van der Waals surface area contributed by atoms with E-state index in [1.54, 1.807) is 23.0 Å². The Balaban J connectivity index is 1.63. The fourth-order valence-electron chi connectivity index (χ4n) is 2.69. The number of hydrogen-bond donors (Lipinski definition) is 3. The van der Waals surface area contributed by atoms with Crippen molar-refractivity contribution >= 4 is 40.4 Å². The molecule has 0 radical (unpaired) electrons. The number of hydrogen-bond acceptors (Lipinski definition) is 6. The molecule has 0 aliphatic rings. The predicted molar refractivity (Wildman–Crippen MR) is 120 cm³/mol. The number of anilines is 5. The maximum atomic E-state index is 6.32. The molecule has 0 aliphatic carbocycles. The van der Waals surface area contributed by atoms with Crippen molar-refractivity contribution < 1.29 is 0 Å². The SMILES string of the molecule is Cn1cc(Nc2ncc(Cl)c(Nc3cc(N)ccc3C#Cc3ccccc3)n2)cn1. The smallest absolute Gasteiger partial charge is 0.229 e. The Morgan fingerprint density at radius 1 is 1.03 bits per heavy atom. The van der Waals surface area contributed by atoms with Crippen LogP contribution in [0.5, 0.6) is 0 Å². The molecule has 0 saturated heterocycles. The van der Waals surface area contributed by atoms with Gasteiger partial charge in [0.25, 0.3) is 0 Å². The molecule has 0 atom stereocenters. The Morgan fingerprint density at radius 3 is 2.63 bits per heavy atom. The molecular formula is C22H18ClN7. The van der Waals surface area contributed by atoms with Crippen LogP contribution >= 0.6 is 11.6 Å². The summed E-state index contributed by atoms with van der Waals surface area (Å²) < 4.78 is 1.68. The summed E-state index contributed by atoms with van der Waals surface area (Å²) in [5, 5.41) is 10.8. The Hall–Kier alpha value is -4.02. The van der Waals surface area contributed by atoms with Crippen molar-refractivity contribution in [2.75, 3.05) is 16.4 Å². The number of rotatable bonds is 4. The van der Waals surface area contributed by atoms with Gasteiger partial charge in [0.05, 0.1) is 23.8 Å². The number of aromatic nitrogens is 4. The summed E-state index contributed by atoms with van der Waals surface area (Å²) >= 11 is 6.32. The first-order valence-electron chi connectivity index (χ1n) is 9.09. The maximum Gasteiger partial charge on any atom is 0.229 e. The molecule has 4 N–H and O–H groups in total. The summed E-state index contributed by atoms with van der Waals surface area (Å²) in [5.41, 5.74) is 9.74. The van der Waals surface area contributed by atoms with Crippen LogP contribution < -0.4 is 16.4 Å². The third-order valence-corrected chi connectivity index (χ3v) is 4.39. The van der Waals surface area contributed by atoms with Crippen molar-refractivity contribution in [3.8, 4) is 11.8 Å². The van der Waals surface area contributed by atoms with E-state index in [1.165, 1.54) is 6.20 Å². The monoisotopic (exact) mass is 415 g/mol.